The number of hydrogen-bond acceptors (Lipinski definition) is 4. The molecule has 3 atom stereocenters. The number of hydrogen-bond donors (Lipinski definition) is 0. The van der Waals surface area contributed by atoms with Gasteiger partial charge in [-0.25, -0.2) is 4.39 Å². The SMILES string of the molecule is CC(C)=CC1C(C(=O)OC(C#N)c2ccc(F)c(Oc3ccccc3)c2)C1(C)C. The number of allylic oxidation sites excluding steroid dienone is 2. The lowest BCUT2D eigenvalue weighted by atomic mass is 10.1. The van der Waals surface area contributed by atoms with Crippen LogP contribution in [0.25, 0.3) is 0 Å². The Bertz CT molecular complexity index is 971. The maximum atomic E-state index is 14.2. The van der Waals surface area contributed by atoms with E-state index in [-0.39, 0.29) is 23.0 Å². The lowest BCUT2D eigenvalue weighted by Gasteiger charge is -2.14. The Morgan fingerprint density at radius 2 is 1.90 bits per heavy atom. The summed E-state index contributed by atoms with van der Waals surface area (Å²) < 4.78 is 25.2. The zero-order chi connectivity index (χ0) is 21.2. The predicted octanol–water partition coefficient (Wildman–Crippen LogP) is 5.96. The first-order valence-electron chi connectivity index (χ1n) is 9.51. The largest absolute Gasteiger partial charge is 0.454 e. The highest BCUT2D eigenvalue weighted by Crippen LogP contribution is 2.60. The molecular formula is C24H24FNO3. The first-order valence-corrected chi connectivity index (χ1v) is 9.51. The lowest BCUT2D eigenvalue weighted by Crippen LogP contribution is -2.14. The molecule has 150 valence electrons. The van der Waals surface area contributed by atoms with Crippen molar-refractivity contribution in [2.75, 3.05) is 0 Å². The van der Waals surface area contributed by atoms with E-state index in [1.807, 2.05) is 39.8 Å². The summed E-state index contributed by atoms with van der Waals surface area (Å²) in [5.41, 5.74) is 1.29. The quantitative estimate of drug-likeness (QED) is 0.448. The highest BCUT2D eigenvalue weighted by Gasteiger charge is 2.61. The topological polar surface area (TPSA) is 59.3 Å². The number of carbonyl (C=O) groups excluding carboxylic acids is 1. The van der Waals surface area contributed by atoms with Gasteiger partial charge in [-0.05, 0) is 49.4 Å². The molecule has 29 heavy (non-hydrogen) atoms. The van der Waals surface area contributed by atoms with Crippen LogP contribution in [-0.2, 0) is 9.53 Å². The van der Waals surface area contributed by atoms with Gasteiger partial charge in [-0.1, -0.05) is 49.8 Å². The van der Waals surface area contributed by atoms with Gasteiger partial charge in [0, 0.05) is 5.56 Å². The van der Waals surface area contributed by atoms with Gasteiger partial charge in [-0.2, -0.15) is 5.26 Å². The summed E-state index contributed by atoms with van der Waals surface area (Å²) in [6, 6.07) is 14.8. The van der Waals surface area contributed by atoms with Gasteiger partial charge < -0.3 is 9.47 Å². The summed E-state index contributed by atoms with van der Waals surface area (Å²) in [6.07, 6.45) is 0.932. The number of para-hydroxylation sites is 1. The number of halogens is 1. The fourth-order valence-electron chi connectivity index (χ4n) is 3.53. The van der Waals surface area contributed by atoms with Gasteiger partial charge in [0.05, 0.1) is 5.92 Å². The van der Waals surface area contributed by atoms with Gasteiger partial charge in [0.25, 0.3) is 0 Å². The molecule has 0 spiro atoms. The van der Waals surface area contributed by atoms with Crippen molar-refractivity contribution in [3.05, 3.63) is 71.6 Å². The monoisotopic (exact) mass is 393 g/mol. The number of esters is 1. The first kappa shape index (κ1) is 20.6. The number of benzene rings is 2. The molecule has 0 radical (unpaired) electrons. The van der Waals surface area contributed by atoms with E-state index >= 15 is 0 Å². The molecule has 3 unspecified atom stereocenters. The molecule has 0 saturated heterocycles. The van der Waals surface area contributed by atoms with Crippen LogP contribution < -0.4 is 4.74 Å². The van der Waals surface area contributed by atoms with E-state index in [1.54, 1.807) is 24.3 Å². The molecule has 0 bridgehead atoms. The van der Waals surface area contributed by atoms with Crippen molar-refractivity contribution in [1.29, 1.82) is 5.26 Å². The predicted molar refractivity (Wildman–Crippen MR) is 108 cm³/mol. The van der Waals surface area contributed by atoms with E-state index in [1.165, 1.54) is 18.2 Å². The third-order valence-electron chi connectivity index (χ3n) is 5.26. The van der Waals surface area contributed by atoms with E-state index in [9.17, 15) is 14.4 Å². The van der Waals surface area contributed by atoms with E-state index in [0.29, 0.717) is 11.3 Å². The van der Waals surface area contributed by atoms with Crippen LogP contribution >= 0.6 is 0 Å². The Hall–Kier alpha value is -3.13. The molecule has 1 saturated carbocycles. The standard InChI is InChI=1S/C24H24FNO3/c1-15(2)12-18-22(24(18,3)4)23(27)29-21(14-26)16-10-11-19(25)20(13-16)28-17-8-6-5-7-9-17/h5-13,18,21-22H,1-4H3. The fourth-order valence-corrected chi connectivity index (χ4v) is 3.53. The van der Waals surface area contributed by atoms with Crippen LogP contribution in [0.3, 0.4) is 0 Å². The van der Waals surface area contributed by atoms with Gasteiger partial charge in [-0.15, -0.1) is 0 Å². The van der Waals surface area contributed by atoms with Crippen LogP contribution in [0.5, 0.6) is 11.5 Å². The third kappa shape index (κ3) is 4.48. The van der Waals surface area contributed by atoms with Gasteiger partial charge in [0.2, 0.25) is 6.10 Å². The zero-order valence-electron chi connectivity index (χ0n) is 17.0. The fraction of sp³-hybridized carbons (Fsp3) is 0.333. The van der Waals surface area contributed by atoms with Gasteiger partial charge >= 0.3 is 5.97 Å². The summed E-state index contributed by atoms with van der Waals surface area (Å²) in [7, 11) is 0. The molecule has 4 nitrogen and oxygen atoms in total. The van der Waals surface area contributed by atoms with Crippen molar-refractivity contribution in [2.45, 2.75) is 33.8 Å². The van der Waals surface area contributed by atoms with E-state index < -0.39 is 17.9 Å². The molecule has 0 amide bonds. The summed E-state index contributed by atoms with van der Waals surface area (Å²) in [4.78, 5) is 12.7. The van der Waals surface area contributed by atoms with Crippen molar-refractivity contribution >= 4 is 5.97 Å². The average molecular weight is 393 g/mol. The second-order valence-electron chi connectivity index (χ2n) is 8.12. The smallest absolute Gasteiger partial charge is 0.311 e. The molecule has 1 aliphatic carbocycles. The molecule has 2 aromatic carbocycles. The maximum Gasteiger partial charge on any atom is 0.311 e. The van der Waals surface area contributed by atoms with Crippen LogP contribution in [-0.4, -0.2) is 5.97 Å². The normalized spacial score (nSPS) is 20.1. The van der Waals surface area contributed by atoms with Crippen LogP contribution in [0.4, 0.5) is 4.39 Å². The molecule has 1 aliphatic rings. The van der Waals surface area contributed by atoms with Crippen molar-refractivity contribution in [2.24, 2.45) is 17.3 Å². The number of carbonyl (C=O) groups is 1. The Kier molecular flexibility index (Phi) is 5.74. The highest BCUT2D eigenvalue weighted by molar-refractivity contribution is 5.78. The number of rotatable bonds is 6. The second kappa shape index (κ2) is 8.08. The van der Waals surface area contributed by atoms with Crippen LogP contribution in [0, 0.1) is 34.4 Å². The molecule has 1 fully saturated rings. The van der Waals surface area contributed by atoms with Crippen LogP contribution in [0.15, 0.2) is 60.2 Å². The summed E-state index contributed by atoms with van der Waals surface area (Å²) in [6.45, 7) is 7.99. The van der Waals surface area contributed by atoms with Crippen molar-refractivity contribution in [1.82, 2.24) is 0 Å². The summed E-state index contributed by atoms with van der Waals surface area (Å²) in [5, 5.41) is 9.55. The number of nitrogens with zero attached hydrogens (tertiary/aromatic N) is 1. The Labute approximate surface area is 170 Å². The average Bonchev–Trinajstić information content (AvgIpc) is 3.21. The van der Waals surface area contributed by atoms with Gasteiger partial charge in [-0.3, -0.25) is 4.79 Å². The first-order chi connectivity index (χ1) is 13.7. The molecule has 5 heteroatoms. The van der Waals surface area contributed by atoms with Crippen molar-refractivity contribution < 1.29 is 18.7 Å². The maximum absolute atomic E-state index is 14.2. The third-order valence-corrected chi connectivity index (χ3v) is 5.26. The number of nitriles is 1. The lowest BCUT2D eigenvalue weighted by molar-refractivity contribution is -0.149. The summed E-state index contributed by atoms with van der Waals surface area (Å²) in [5.74, 6) is -0.748. The Balaban J connectivity index is 1.77. The van der Waals surface area contributed by atoms with E-state index in [2.05, 4.69) is 6.08 Å². The molecule has 2 aromatic rings. The van der Waals surface area contributed by atoms with Gasteiger partial charge in [0.15, 0.2) is 11.6 Å². The van der Waals surface area contributed by atoms with Crippen molar-refractivity contribution in [3.8, 4) is 17.6 Å². The molecular weight excluding hydrogens is 369 g/mol. The molecule has 0 N–H and O–H groups in total. The number of ether oxygens (including phenoxy) is 2. The Morgan fingerprint density at radius 1 is 1.21 bits per heavy atom. The second-order valence-corrected chi connectivity index (χ2v) is 8.12. The van der Waals surface area contributed by atoms with Crippen LogP contribution in [0.2, 0.25) is 0 Å². The molecule has 0 aromatic heterocycles. The van der Waals surface area contributed by atoms with Gasteiger partial charge in [0.1, 0.15) is 11.8 Å². The molecule has 0 heterocycles. The molecule has 3 rings (SSSR count). The van der Waals surface area contributed by atoms with E-state index in [0.717, 1.165) is 5.57 Å². The van der Waals surface area contributed by atoms with E-state index in [4.69, 9.17) is 9.47 Å². The highest BCUT2D eigenvalue weighted by atomic mass is 19.1. The summed E-state index contributed by atoms with van der Waals surface area (Å²) >= 11 is 0. The minimum Gasteiger partial charge on any atom is -0.454 e. The minimum absolute atomic E-state index is 0.0285. The zero-order valence-corrected chi connectivity index (χ0v) is 17.0. The minimum atomic E-state index is -1.13. The Morgan fingerprint density at radius 3 is 2.52 bits per heavy atom. The van der Waals surface area contributed by atoms with Crippen molar-refractivity contribution in [3.63, 3.8) is 0 Å². The van der Waals surface area contributed by atoms with Crippen LogP contribution in [0.1, 0.15) is 39.4 Å². The molecule has 0 aliphatic heterocycles.